The van der Waals surface area contributed by atoms with Gasteiger partial charge in [-0.05, 0) is 60.4 Å². The molecule has 0 saturated carbocycles. The molecule has 0 bridgehead atoms. The maximum Gasteiger partial charge on any atom is 0.402 e. The summed E-state index contributed by atoms with van der Waals surface area (Å²) < 4.78 is 74.6. The molecule has 0 spiro atoms. The molecule has 2 unspecified atom stereocenters. The van der Waals surface area contributed by atoms with Gasteiger partial charge < -0.3 is 14.7 Å². The third-order valence-electron chi connectivity index (χ3n) is 7.17. The van der Waals surface area contributed by atoms with Gasteiger partial charge in [-0.25, -0.2) is 13.2 Å². The number of rotatable bonds is 12. The van der Waals surface area contributed by atoms with Crippen LogP contribution >= 0.6 is 23.5 Å². The molecule has 46 heavy (non-hydrogen) atoms. The van der Waals surface area contributed by atoms with Gasteiger partial charge in [0.25, 0.3) is 0 Å². The lowest BCUT2D eigenvalue weighted by Crippen LogP contribution is -2.25. The van der Waals surface area contributed by atoms with Crippen LogP contribution in [0.15, 0.2) is 87.1 Å². The molecule has 15 heteroatoms. The number of amides is 1. The summed E-state index contributed by atoms with van der Waals surface area (Å²) in [5, 5.41) is 2.70. The van der Waals surface area contributed by atoms with Gasteiger partial charge in [-0.2, -0.15) is 8.78 Å². The van der Waals surface area contributed by atoms with E-state index in [1.165, 1.54) is 47.2 Å². The molecule has 1 aromatic heterocycles. The van der Waals surface area contributed by atoms with Crippen molar-refractivity contribution in [2.45, 2.75) is 56.9 Å². The first-order valence-electron chi connectivity index (χ1n) is 14.1. The summed E-state index contributed by atoms with van der Waals surface area (Å²) in [6.07, 6.45) is 2.08. The summed E-state index contributed by atoms with van der Waals surface area (Å²) in [4.78, 5) is 35.5. The highest BCUT2D eigenvalue weighted by molar-refractivity contribution is 9.10. The topological polar surface area (TPSA) is 137 Å². The number of carbonyl (C=O) groups is 1. The van der Waals surface area contributed by atoms with Gasteiger partial charge in [-0.3, -0.25) is 18.5 Å². The van der Waals surface area contributed by atoms with Crippen LogP contribution in [0.25, 0.3) is 11.3 Å². The highest BCUT2D eigenvalue weighted by Gasteiger charge is 2.54. The van der Waals surface area contributed by atoms with Gasteiger partial charge in [0.1, 0.15) is 0 Å². The Hall–Kier alpha value is -3.42. The van der Waals surface area contributed by atoms with Gasteiger partial charge in [0.05, 0.1) is 29.8 Å². The van der Waals surface area contributed by atoms with Gasteiger partial charge in [-0.15, -0.1) is 0 Å². The molecule has 0 aliphatic rings. The lowest BCUT2D eigenvalue weighted by atomic mass is 10.1. The van der Waals surface area contributed by atoms with Gasteiger partial charge in [-0.1, -0.05) is 59.3 Å². The molecule has 0 radical (unpaired) electrons. The second-order valence-corrected chi connectivity index (χ2v) is 15.6. The van der Waals surface area contributed by atoms with Crippen LogP contribution in [0.4, 0.5) is 14.5 Å². The van der Waals surface area contributed by atoms with Crippen molar-refractivity contribution in [3.8, 4) is 11.3 Å². The number of aromatic nitrogens is 2. The first-order chi connectivity index (χ1) is 21.4. The fourth-order valence-electron chi connectivity index (χ4n) is 4.67. The molecular formula is C31H33BrF2N3O7PS. The Kier molecular flexibility index (Phi) is 10.6. The van der Waals surface area contributed by atoms with Crippen molar-refractivity contribution in [3.05, 3.63) is 105 Å². The third kappa shape index (κ3) is 7.92. The third-order valence-corrected chi connectivity index (χ3v) is 10.6. The number of nitrogens with one attached hydrogen (secondary N) is 1. The normalized spacial score (nSPS) is 14.1. The largest absolute Gasteiger partial charge is 0.402 e. The van der Waals surface area contributed by atoms with Crippen molar-refractivity contribution in [1.29, 1.82) is 0 Å². The monoisotopic (exact) mass is 739 g/mol. The van der Waals surface area contributed by atoms with Crippen molar-refractivity contribution in [2.75, 3.05) is 11.6 Å². The second-order valence-electron chi connectivity index (χ2n) is 10.9. The van der Waals surface area contributed by atoms with Crippen LogP contribution in [-0.4, -0.2) is 40.7 Å². The Balaban J connectivity index is 1.75. The maximum atomic E-state index is 15.2. The number of sulfone groups is 1. The molecule has 2 atom stereocenters. The number of imidazole rings is 1. The molecule has 246 valence electrons. The summed E-state index contributed by atoms with van der Waals surface area (Å²) in [6, 6.07) is 16.6. The minimum Gasteiger partial charge on any atom is -0.326 e. The summed E-state index contributed by atoms with van der Waals surface area (Å²) in [5.41, 5.74) is -2.76. The Labute approximate surface area is 273 Å². The van der Waals surface area contributed by atoms with Gasteiger partial charge >= 0.3 is 18.9 Å². The van der Waals surface area contributed by atoms with E-state index in [0.717, 1.165) is 12.3 Å². The minimum atomic E-state index is -5.40. The predicted octanol–water partition coefficient (Wildman–Crippen LogP) is 6.59. The number of benzene rings is 3. The Morgan fingerprint density at radius 1 is 1.09 bits per heavy atom. The van der Waals surface area contributed by atoms with Crippen LogP contribution in [-0.2, 0) is 42.5 Å². The molecule has 10 nitrogen and oxygen atoms in total. The molecule has 0 fully saturated rings. The van der Waals surface area contributed by atoms with Crippen molar-refractivity contribution >= 4 is 45.0 Å². The number of hydrogen-bond acceptors (Lipinski definition) is 6. The van der Waals surface area contributed by atoms with E-state index in [9.17, 15) is 27.5 Å². The molecule has 1 heterocycles. The number of alkyl halides is 2. The molecule has 2 N–H and O–H groups in total. The number of anilines is 1. The predicted molar refractivity (Wildman–Crippen MR) is 175 cm³/mol. The molecule has 3 aromatic carbocycles. The molecule has 0 saturated heterocycles. The smallest absolute Gasteiger partial charge is 0.326 e. The fraction of sp³-hybridized carbons (Fsp3) is 0.290. The summed E-state index contributed by atoms with van der Waals surface area (Å²) in [5.74, 6) is -0.250. The van der Waals surface area contributed by atoms with Crippen LogP contribution in [0, 0.1) is 0 Å². The van der Waals surface area contributed by atoms with E-state index in [0.29, 0.717) is 28.1 Å². The number of nitrogens with zero attached hydrogens (tertiary/aromatic N) is 2. The average Bonchev–Trinajstić information content (AvgIpc) is 3.26. The zero-order chi connectivity index (χ0) is 34.0. The fourth-order valence-corrected chi connectivity index (χ4v) is 7.40. The number of halogens is 3. The van der Waals surface area contributed by atoms with Crippen LogP contribution < -0.4 is 11.0 Å². The average molecular weight is 741 g/mol. The van der Waals surface area contributed by atoms with Crippen molar-refractivity contribution in [2.24, 2.45) is 0 Å². The molecule has 0 aliphatic heterocycles. The van der Waals surface area contributed by atoms with Crippen LogP contribution in [0.1, 0.15) is 43.9 Å². The van der Waals surface area contributed by atoms with E-state index in [1.807, 2.05) is 0 Å². The first kappa shape index (κ1) is 35.4. The SMILES string of the molecule is CCC(C)OP(=O)(O)C(F)(F)c1ccc(Cn2c(-c3ccc(S(C)(=O)=O)cc3)cn(Cc3cccc(NC(C)=O)c3)c2=O)cc1Br. The summed E-state index contributed by atoms with van der Waals surface area (Å²) in [6.45, 7) is 4.50. The number of carbonyl (C=O) groups excluding carboxylic acids is 1. The van der Waals surface area contributed by atoms with Crippen molar-refractivity contribution < 1.29 is 36.0 Å². The minimum absolute atomic E-state index is 0.0778. The quantitative estimate of drug-likeness (QED) is 0.157. The Bertz CT molecular complexity index is 1980. The van der Waals surface area contributed by atoms with Crippen LogP contribution in [0.2, 0.25) is 0 Å². The lowest BCUT2D eigenvalue weighted by Gasteiger charge is -2.25. The summed E-state index contributed by atoms with van der Waals surface area (Å²) >= 11 is 3.11. The van der Waals surface area contributed by atoms with E-state index in [-0.39, 0.29) is 34.8 Å². The van der Waals surface area contributed by atoms with E-state index < -0.39 is 40.5 Å². The summed E-state index contributed by atoms with van der Waals surface area (Å²) in [7, 11) is -8.87. The van der Waals surface area contributed by atoms with Gasteiger partial charge in [0.15, 0.2) is 9.84 Å². The van der Waals surface area contributed by atoms with Crippen LogP contribution in [0.5, 0.6) is 0 Å². The van der Waals surface area contributed by atoms with E-state index >= 15 is 8.78 Å². The molecule has 4 rings (SSSR count). The Morgan fingerprint density at radius 3 is 2.33 bits per heavy atom. The molecule has 4 aromatic rings. The zero-order valence-electron chi connectivity index (χ0n) is 25.4. The molecule has 0 aliphatic carbocycles. The van der Waals surface area contributed by atoms with Crippen molar-refractivity contribution in [3.63, 3.8) is 0 Å². The highest BCUT2D eigenvalue weighted by Crippen LogP contribution is 2.64. The highest BCUT2D eigenvalue weighted by atomic mass is 79.9. The van der Waals surface area contributed by atoms with Crippen LogP contribution in [0.3, 0.4) is 0 Å². The van der Waals surface area contributed by atoms with E-state index in [1.54, 1.807) is 49.5 Å². The van der Waals surface area contributed by atoms with Gasteiger partial charge in [0, 0.05) is 35.1 Å². The first-order valence-corrected chi connectivity index (χ1v) is 18.3. The molecule has 1 amide bonds. The lowest BCUT2D eigenvalue weighted by molar-refractivity contribution is -0.114. The maximum absolute atomic E-state index is 15.2. The standard InChI is InChI=1S/C31H33BrF2N3O7PS/c1-5-20(2)44-45(40,41)31(33,34)27-14-9-23(16-28(27)32)18-37-29(24-10-12-26(13-11-24)46(4,42)43)19-36(30(37)39)17-22-7-6-8-25(15-22)35-21(3)38/h6-16,19-20H,5,17-18H2,1-4H3,(H,35,38)(H,40,41). The van der Waals surface area contributed by atoms with Crippen molar-refractivity contribution in [1.82, 2.24) is 9.13 Å². The van der Waals surface area contributed by atoms with E-state index in [2.05, 4.69) is 21.2 Å². The second kappa shape index (κ2) is 13.7. The Morgan fingerprint density at radius 2 is 1.74 bits per heavy atom. The zero-order valence-corrected chi connectivity index (χ0v) is 28.7. The van der Waals surface area contributed by atoms with E-state index in [4.69, 9.17) is 4.52 Å². The molecular weight excluding hydrogens is 707 g/mol. The van der Waals surface area contributed by atoms with Gasteiger partial charge in [0.2, 0.25) is 5.91 Å². The number of hydrogen-bond donors (Lipinski definition) is 2.